The summed E-state index contributed by atoms with van der Waals surface area (Å²) in [4.78, 5) is 35.8. The number of aliphatic hydroxyl groups excluding tert-OH is 2. The van der Waals surface area contributed by atoms with Crippen LogP contribution in [0.3, 0.4) is 0 Å². The third-order valence-electron chi connectivity index (χ3n) is 7.19. The number of nitrogens with zero attached hydrogens (tertiary/aromatic N) is 8. The molecule has 7 N–H and O–H groups in total. The van der Waals surface area contributed by atoms with Crippen LogP contribution in [0, 0.1) is 0 Å². The highest BCUT2D eigenvalue weighted by molar-refractivity contribution is 8.09. The van der Waals surface area contributed by atoms with Gasteiger partial charge in [-0.2, -0.15) is 0 Å². The van der Waals surface area contributed by atoms with Gasteiger partial charge in [0, 0.05) is 4.57 Å². The Hall–Kier alpha value is -2.87. The molecule has 0 spiro atoms. The summed E-state index contributed by atoms with van der Waals surface area (Å²) >= 11 is 5.44. The van der Waals surface area contributed by atoms with E-state index in [0.717, 1.165) is 0 Å². The monoisotopic (exact) mass is 641 g/mol. The van der Waals surface area contributed by atoms with E-state index in [2.05, 4.69) is 29.9 Å². The SMILES string of the molecule is Nc1ncnc2c1ncn2[C@@H]1O[C@@H]2CO[P+](=O)O[C@@H]3[C@H](O)[C@@H](CP(O)(=S)O[C@H]2[C@H]1O)O[C@H]3n1cnc2c(N)ncnc21. The van der Waals surface area contributed by atoms with E-state index in [1.807, 2.05) is 0 Å². The number of aliphatic hydroxyl groups is 2. The Bertz CT molecular complexity index is 1740. The van der Waals surface area contributed by atoms with E-state index in [0.29, 0.717) is 0 Å². The second kappa shape index (κ2) is 10.4. The lowest BCUT2D eigenvalue weighted by molar-refractivity contribution is -0.0507. The lowest BCUT2D eigenvalue weighted by Gasteiger charge is -2.27. The van der Waals surface area contributed by atoms with Gasteiger partial charge in [-0.1, -0.05) is 0 Å². The smallest absolute Gasteiger partial charge is 0.387 e. The first-order valence-electron chi connectivity index (χ1n) is 12.4. The third kappa shape index (κ3) is 4.65. The quantitative estimate of drug-likeness (QED) is 0.166. The van der Waals surface area contributed by atoms with Crippen molar-refractivity contribution in [3.8, 4) is 0 Å². The van der Waals surface area contributed by atoms with E-state index < -0.39 is 70.4 Å². The van der Waals surface area contributed by atoms with Gasteiger partial charge in [0.2, 0.25) is 0 Å². The lowest BCUT2D eigenvalue weighted by Crippen LogP contribution is -2.38. The van der Waals surface area contributed by atoms with E-state index in [9.17, 15) is 19.7 Å². The molecule has 4 aromatic heterocycles. The van der Waals surface area contributed by atoms with Crippen molar-refractivity contribution in [2.75, 3.05) is 24.2 Å². The maximum atomic E-state index is 13.0. The van der Waals surface area contributed by atoms with Crippen LogP contribution < -0.4 is 11.5 Å². The number of rotatable bonds is 2. The standard InChI is InChI=1S/C20H22N10O9P2S/c21-15-9-17(25-3-23-15)29(5-27-9)19-12(32)13-7(36-19)1-35-40(33)38-14-11(31)8(2-41(34,42)39-13)37-20(14)30-6-28-10-16(22)24-4-26-18(10)30/h3-8,11-14,19-20,31-32H,1-2H2,(H4-,21,22,23,24,25,26,34,42)/p+1/t7-,8-,11-,12-,13-,14-,19-,20-,41?/m1/s1. The molecular weight excluding hydrogens is 618 g/mol. The molecule has 2 unspecified atom stereocenters. The predicted octanol–water partition coefficient (Wildman–Crippen LogP) is -0.893. The van der Waals surface area contributed by atoms with Gasteiger partial charge in [0.15, 0.2) is 48.0 Å². The molecule has 0 aromatic carbocycles. The summed E-state index contributed by atoms with van der Waals surface area (Å²) in [7, 11) is -2.87. The van der Waals surface area contributed by atoms with Crippen LogP contribution in [0.1, 0.15) is 12.5 Å². The minimum atomic E-state index is -3.78. The molecule has 3 fully saturated rings. The van der Waals surface area contributed by atoms with Crippen LogP contribution in [-0.2, 0) is 39.4 Å². The van der Waals surface area contributed by atoms with Crippen molar-refractivity contribution in [2.45, 2.75) is 49.1 Å². The number of nitrogens with two attached hydrogens (primary N) is 2. The van der Waals surface area contributed by atoms with Crippen LogP contribution >= 0.6 is 14.7 Å². The summed E-state index contributed by atoms with van der Waals surface area (Å²) in [5.74, 6) is 0.248. The van der Waals surface area contributed by atoms with Crippen LogP contribution in [0.5, 0.6) is 0 Å². The van der Waals surface area contributed by atoms with Crippen molar-refractivity contribution in [1.29, 1.82) is 0 Å². The number of anilines is 2. The van der Waals surface area contributed by atoms with E-state index in [-0.39, 0.29) is 40.1 Å². The van der Waals surface area contributed by atoms with Crippen LogP contribution in [0.4, 0.5) is 11.6 Å². The molecular formula is C20H23N10O9P2S+. The molecule has 3 aliphatic heterocycles. The zero-order valence-electron chi connectivity index (χ0n) is 21.2. The molecule has 0 radical (unpaired) electrons. The highest BCUT2D eigenvalue weighted by Crippen LogP contribution is 2.52. The average Bonchev–Trinajstić information content (AvgIpc) is 3.70. The van der Waals surface area contributed by atoms with E-state index >= 15 is 0 Å². The number of hydrogen-bond acceptors (Lipinski definition) is 17. The molecule has 19 nitrogen and oxygen atoms in total. The topological polar surface area (TPSA) is 263 Å². The summed E-state index contributed by atoms with van der Waals surface area (Å²) in [6.07, 6.45) is -4.94. The first-order chi connectivity index (χ1) is 20.1. The highest BCUT2D eigenvalue weighted by Gasteiger charge is 2.55. The second-order valence-corrected chi connectivity index (χ2v) is 14.2. The van der Waals surface area contributed by atoms with Gasteiger partial charge in [0.25, 0.3) is 0 Å². The minimum absolute atomic E-state index is 0.119. The Labute approximate surface area is 240 Å². The van der Waals surface area contributed by atoms with Gasteiger partial charge in [0.05, 0.1) is 24.9 Å². The molecule has 3 aliphatic rings. The van der Waals surface area contributed by atoms with Crippen LogP contribution in [0.15, 0.2) is 25.3 Å². The largest absolute Gasteiger partial charge is 0.698 e. The molecule has 0 aliphatic carbocycles. The lowest BCUT2D eigenvalue weighted by atomic mass is 10.1. The fraction of sp³-hybridized carbons (Fsp3) is 0.500. The maximum absolute atomic E-state index is 13.0. The first-order valence-corrected chi connectivity index (χ1v) is 16.4. The number of nitrogen functional groups attached to an aromatic ring is 2. The molecule has 10 atom stereocenters. The van der Waals surface area contributed by atoms with Crippen molar-refractivity contribution in [1.82, 2.24) is 39.0 Å². The fourth-order valence-corrected chi connectivity index (χ4v) is 8.24. The Morgan fingerprint density at radius 3 is 2.12 bits per heavy atom. The van der Waals surface area contributed by atoms with Crippen molar-refractivity contribution >= 4 is 60.5 Å². The van der Waals surface area contributed by atoms with Gasteiger partial charge in [0.1, 0.15) is 54.7 Å². The van der Waals surface area contributed by atoms with E-state index in [4.69, 9.17) is 46.3 Å². The second-order valence-electron chi connectivity index (χ2n) is 9.76. The molecule has 2 bridgehead atoms. The van der Waals surface area contributed by atoms with Crippen molar-refractivity contribution in [2.24, 2.45) is 0 Å². The Morgan fingerprint density at radius 1 is 0.881 bits per heavy atom. The molecule has 0 amide bonds. The van der Waals surface area contributed by atoms with Crippen LogP contribution in [0.25, 0.3) is 22.3 Å². The number of ether oxygens (including phenoxy) is 2. The first kappa shape index (κ1) is 27.9. The number of imidazole rings is 2. The molecule has 222 valence electrons. The van der Waals surface area contributed by atoms with E-state index in [1.54, 1.807) is 0 Å². The van der Waals surface area contributed by atoms with Crippen molar-refractivity contribution in [3.63, 3.8) is 0 Å². The summed E-state index contributed by atoms with van der Waals surface area (Å²) in [5.41, 5.74) is 12.9. The summed E-state index contributed by atoms with van der Waals surface area (Å²) in [6.45, 7) is -4.18. The number of fused-ring (bicyclic) bond motifs is 5. The summed E-state index contributed by atoms with van der Waals surface area (Å²) in [6, 6.07) is 0. The van der Waals surface area contributed by atoms with Gasteiger partial charge in [-0.15, -0.1) is 9.05 Å². The minimum Gasteiger partial charge on any atom is -0.387 e. The zero-order valence-corrected chi connectivity index (χ0v) is 23.8. The summed E-state index contributed by atoms with van der Waals surface area (Å²) < 4.78 is 44.9. The van der Waals surface area contributed by atoms with Crippen LogP contribution in [0.2, 0.25) is 0 Å². The van der Waals surface area contributed by atoms with Gasteiger partial charge in [-0.05, 0) is 11.8 Å². The Morgan fingerprint density at radius 2 is 1.48 bits per heavy atom. The molecule has 22 heteroatoms. The predicted molar refractivity (Wildman–Crippen MR) is 144 cm³/mol. The maximum Gasteiger partial charge on any atom is 0.698 e. The normalized spacial score (nSPS) is 36.6. The highest BCUT2D eigenvalue weighted by atomic mass is 32.5. The molecule has 42 heavy (non-hydrogen) atoms. The average molecular weight is 641 g/mol. The Balaban J connectivity index is 1.19. The fourth-order valence-electron chi connectivity index (χ4n) is 5.26. The van der Waals surface area contributed by atoms with Gasteiger partial charge in [-0.25, -0.2) is 29.9 Å². The Kier molecular flexibility index (Phi) is 6.91. The summed E-state index contributed by atoms with van der Waals surface area (Å²) in [5, 5.41) is 22.4. The molecule has 4 aromatic rings. The molecule has 7 heterocycles. The molecule has 3 saturated heterocycles. The van der Waals surface area contributed by atoms with Crippen molar-refractivity contribution in [3.05, 3.63) is 25.3 Å². The van der Waals surface area contributed by atoms with Gasteiger partial charge in [-0.3, -0.25) is 9.13 Å². The van der Waals surface area contributed by atoms with Gasteiger partial charge >= 0.3 is 8.25 Å². The van der Waals surface area contributed by atoms with Crippen molar-refractivity contribution < 1.29 is 42.7 Å². The molecule has 0 saturated carbocycles. The zero-order chi connectivity index (χ0) is 29.3. The third-order valence-corrected chi connectivity index (χ3v) is 10.1. The number of aromatic nitrogens is 8. The van der Waals surface area contributed by atoms with E-state index in [1.165, 1.54) is 34.4 Å². The van der Waals surface area contributed by atoms with Gasteiger partial charge < -0.3 is 40.6 Å². The molecule has 7 rings (SSSR count). The van der Waals surface area contributed by atoms with Crippen LogP contribution in [-0.4, -0.2) is 104 Å². The number of hydrogen-bond donors (Lipinski definition) is 5.